The summed E-state index contributed by atoms with van der Waals surface area (Å²) in [5.41, 5.74) is 5.53. The van der Waals surface area contributed by atoms with Gasteiger partial charge in [-0.2, -0.15) is 0 Å². The summed E-state index contributed by atoms with van der Waals surface area (Å²) in [5.74, 6) is -0.541. The molecule has 0 aromatic heterocycles. The Hall–Kier alpha value is -3.60. The fraction of sp³-hybridized carbons (Fsp3) is 0.200. The number of hydrogen-bond donors (Lipinski definition) is 1. The molecule has 0 bridgehead atoms. The third-order valence-corrected chi connectivity index (χ3v) is 5.40. The van der Waals surface area contributed by atoms with E-state index in [9.17, 15) is 9.59 Å². The number of esters is 1. The van der Waals surface area contributed by atoms with E-state index in [0.29, 0.717) is 6.42 Å². The Morgan fingerprint density at radius 1 is 0.867 bits per heavy atom. The number of carbonyl (C=O) groups excluding carboxylic acids is 2. The lowest BCUT2D eigenvalue weighted by molar-refractivity contribution is -0.142. The number of benzene rings is 3. The van der Waals surface area contributed by atoms with Gasteiger partial charge in [-0.15, -0.1) is 0 Å². The van der Waals surface area contributed by atoms with E-state index >= 15 is 0 Å². The van der Waals surface area contributed by atoms with Crippen LogP contribution in [-0.2, 0) is 20.7 Å². The van der Waals surface area contributed by atoms with Gasteiger partial charge < -0.3 is 14.8 Å². The van der Waals surface area contributed by atoms with Gasteiger partial charge >= 0.3 is 12.1 Å². The van der Waals surface area contributed by atoms with Crippen molar-refractivity contribution < 1.29 is 19.1 Å². The molecule has 3 aromatic carbocycles. The van der Waals surface area contributed by atoms with E-state index in [4.69, 9.17) is 9.47 Å². The van der Waals surface area contributed by atoms with Crippen LogP contribution in [0.3, 0.4) is 0 Å². The minimum absolute atomic E-state index is 0.0335. The second-order valence-corrected chi connectivity index (χ2v) is 7.24. The number of ether oxygens (including phenoxy) is 2. The van der Waals surface area contributed by atoms with Gasteiger partial charge in [-0.1, -0.05) is 78.9 Å². The number of alkyl carbamates (subject to hydrolysis) is 1. The number of nitrogens with one attached hydrogen (secondary N) is 1. The van der Waals surface area contributed by atoms with Crippen molar-refractivity contribution >= 4 is 12.1 Å². The van der Waals surface area contributed by atoms with Crippen molar-refractivity contribution in [3.05, 3.63) is 95.6 Å². The first kappa shape index (κ1) is 19.7. The molecule has 152 valence electrons. The van der Waals surface area contributed by atoms with Crippen LogP contribution in [0.15, 0.2) is 78.9 Å². The van der Waals surface area contributed by atoms with E-state index in [1.165, 1.54) is 18.2 Å². The highest BCUT2D eigenvalue weighted by Crippen LogP contribution is 2.44. The first-order valence-electron chi connectivity index (χ1n) is 9.90. The lowest BCUT2D eigenvalue weighted by Gasteiger charge is -2.18. The van der Waals surface area contributed by atoms with Crippen molar-refractivity contribution in [2.45, 2.75) is 18.4 Å². The zero-order valence-corrected chi connectivity index (χ0v) is 16.7. The zero-order valence-electron chi connectivity index (χ0n) is 16.7. The largest absolute Gasteiger partial charge is 0.467 e. The van der Waals surface area contributed by atoms with Gasteiger partial charge in [0.25, 0.3) is 0 Å². The van der Waals surface area contributed by atoms with Crippen molar-refractivity contribution in [2.75, 3.05) is 13.7 Å². The molecule has 30 heavy (non-hydrogen) atoms. The van der Waals surface area contributed by atoms with Crippen LogP contribution in [0.4, 0.5) is 4.79 Å². The SMILES string of the molecule is COC(=O)C(Cc1ccccc1)NC(=O)OCC1c2ccccc2-c2ccccc21. The molecule has 0 fully saturated rings. The summed E-state index contributed by atoms with van der Waals surface area (Å²) in [5, 5.41) is 2.65. The molecule has 0 saturated carbocycles. The molecule has 1 amide bonds. The van der Waals surface area contributed by atoms with Gasteiger partial charge in [0, 0.05) is 12.3 Å². The smallest absolute Gasteiger partial charge is 0.407 e. The topological polar surface area (TPSA) is 64.6 Å². The highest BCUT2D eigenvalue weighted by atomic mass is 16.6. The van der Waals surface area contributed by atoms with Gasteiger partial charge in [-0.3, -0.25) is 0 Å². The van der Waals surface area contributed by atoms with Gasteiger partial charge in [0.1, 0.15) is 12.6 Å². The molecule has 1 aliphatic rings. The number of carbonyl (C=O) groups is 2. The maximum Gasteiger partial charge on any atom is 0.407 e. The zero-order chi connectivity index (χ0) is 20.9. The van der Waals surface area contributed by atoms with Gasteiger partial charge in [-0.25, -0.2) is 9.59 Å². The second kappa shape index (κ2) is 8.82. The molecule has 5 nitrogen and oxygen atoms in total. The van der Waals surface area contributed by atoms with Gasteiger partial charge in [0.05, 0.1) is 7.11 Å². The molecule has 5 heteroatoms. The highest BCUT2D eigenvalue weighted by Gasteiger charge is 2.30. The molecule has 3 aromatic rings. The molecule has 0 spiro atoms. The maximum atomic E-state index is 12.5. The lowest BCUT2D eigenvalue weighted by Crippen LogP contribution is -2.43. The Balaban J connectivity index is 1.44. The van der Waals surface area contributed by atoms with Crippen LogP contribution >= 0.6 is 0 Å². The monoisotopic (exact) mass is 401 g/mol. The minimum Gasteiger partial charge on any atom is -0.467 e. The first-order valence-corrected chi connectivity index (χ1v) is 9.90. The van der Waals surface area contributed by atoms with E-state index in [1.54, 1.807) is 0 Å². The number of fused-ring (bicyclic) bond motifs is 3. The lowest BCUT2D eigenvalue weighted by atomic mass is 9.98. The van der Waals surface area contributed by atoms with Gasteiger partial charge in [0.2, 0.25) is 0 Å². The van der Waals surface area contributed by atoms with Gasteiger partial charge in [-0.05, 0) is 27.8 Å². The Bertz CT molecular complexity index is 1000. The average molecular weight is 401 g/mol. The van der Waals surface area contributed by atoms with Gasteiger partial charge in [0.15, 0.2) is 0 Å². The quantitative estimate of drug-likeness (QED) is 0.625. The molecule has 4 rings (SSSR count). The van der Waals surface area contributed by atoms with Crippen molar-refractivity contribution in [1.29, 1.82) is 0 Å². The van der Waals surface area contributed by atoms with Crippen LogP contribution in [0.5, 0.6) is 0 Å². The Kier molecular flexibility index (Phi) is 5.80. The summed E-state index contributed by atoms with van der Waals surface area (Å²) in [6.07, 6.45) is -0.305. The summed E-state index contributed by atoms with van der Waals surface area (Å²) in [7, 11) is 1.31. The third-order valence-electron chi connectivity index (χ3n) is 5.40. The standard InChI is InChI=1S/C25H23NO4/c1-29-24(27)23(15-17-9-3-2-4-10-17)26-25(28)30-16-22-20-13-7-5-11-18(20)19-12-6-8-14-21(19)22/h2-14,22-23H,15-16H2,1H3,(H,26,28). The van der Waals surface area contributed by atoms with Crippen molar-refractivity contribution in [1.82, 2.24) is 5.32 Å². The summed E-state index contributed by atoms with van der Waals surface area (Å²) >= 11 is 0. The number of rotatable bonds is 6. The van der Waals surface area contributed by atoms with Crippen molar-refractivity contribution in [3.63, 3.8) is 0 Å². The number of methoxy groups -OCH3 is 1. The molecular weight excluding hydrogens is 378 g/mol. The molecule has 1 N–H and O–H groups in total. The van der Waals surface area contributed by atoms with E-state index in [1.807, 2.05) is 54.6 Å². The van der Waals surface area contributed by atoms with Crippen LogP contribution in [0, 0.1) is 0 Å². The summed E-state index contributed by atoms with van der Waals surface area (Å²) in [6, 6.07) is 25.0. The molecule has 1 aliphatic carbocycles. The van der Waals surface area contributed by atoms with E-state index in [-0.39, 0.29) is 12.5 Å². The third kappa shape index (κ3) is 4.06. The van der Waals surface area contributed by atoms with Crippen molar-refractivity contribution in [2.24, 2.45) is 0 Å². The fourth-order valence-corrected chi connectivity index (χ4v) is 3.97. The maximum absolute atomic E-state index is 12.5. The Morgan fingerprint density at radius 2 is 1.43 bits per heavy atom. The Morgan fingerprint density at radius 3 is 2.03 bits per heavy atom. The molecule has 0 saturated heterocycles. The average Bonchev–Trinajstić information content (AvgIpc) is 3.11. The normalized spacial score (nSPS) is 13.1. The fourth-order valence-electron chi connectivity index (χ4n) is 3.97. The summed E-state index contributed by atoms with van der Waals surface area (Å²) in [6.45, 7) is 0.194. The van der Waals surface area contributed by atoms with Crippen molar-refractivity contribution in [3.8, 4) is 11.1 Å². The van der Waals surface area contributed by atoms with Crippen LogP contribution in [0.1, 0.15) is 22.6 Å². The molecule has 0 radical (unpaired) electrons. The van der Waals surface area contributed by atoms with Crippen LogP contribution in [-0.4, -0.2) is 31.8 Å². The van der Waals surface area contributed by atoms with Crippen LogP contribution < -0.4 is 5.32 Å². The Labute approximate surface area is 175 Å². The highest BCUT2D eigenvalue weighted by molar-refractivity contribution is 5.82. The molecule has 1 unspecified atom stereocenters. The summed E-state index contributed by atoms with van der Waals surface area (Å²) < 4.78 is 10.4. The summed E-state index contributed by atoms with van der Waals surface area (Å²) in [4.78, 5) is 24.7. The molecular formula is C25H23NO4. The number of hydrogen-bond acceptors (Lipinski definition) is 4. The minimum atomic E-state index is -0.812. The first-order chi connectivity index (χ1) is 14.7. The molecule has 0 heterocycles. The van der Waals surface area contributed by atoms with Crippen LogP contribution in [0.2, 0.25) is 0 Å². The molecule has 1 atom stereocenters. The van der Waals surface area contributed by atoms with E-state index in [0.717, 1.165) is 16.7 Å². The number of amides is 1. The molecule has 0 aliphatic heterocycles. The second-order valence-electron chi connectivity index (χ2n) is 7.24. The van der Waals surface area contributed by atoms with Crippen LogP contribution in [0.25, 0.3) is 11.1 Å². The predicted molar refractivity (Wildman–Crippen MR) is 114 cm³/mol. The van der Waals surface area contributed by atoms with E-state index < -0.39 is 18.1 Å². The predicted octanol–water partition coefficient (Wildman–Crippen LogP) is 4.31. The van der Waals surface area contributed by atoms with E-state index in [2.05, 4.69) is 29.6 Å².